The SMILES string of the molecule is CCC(CCCCC(=O)O)CCC(CC)C(=O)O. The number of hydrogen-bond acceptors (Lipinski definition) is 2. The third-order valence-electron chi connectivity index (χ3n) is 3.60. The van der Waals surface area contributed by atoms with Crippen molar-refractivity contribution < 1.29 is 19.8 Å². The quantitative estimate of drug-likeness (QED) is 0.556. The Labute approximate surface area is 109 Å². The molecule has 0 amide bonds. The van der Waals surface area contributed by atoms with Gasteiger partial charge in [-0.15, -0.1) is 0 Å². The Kier molecular flexibility index (Phi) is 9.33. The second-order valence-electron chi connectivity index (χ2n) is 4.93. The van der Waals surface area contributed by atoms with Crippen molar-refractivity contribution >= 4 is 11.9 Å². The lowest BCUT2D eigenvalue weighted by atomic mass is 9.89. The summed E-state index contributed by atoms with van der Waals surface area (Å²) in [5, 5.41) is 17.5. The summed E-state index contributed by atoms with van der Waals surface area (Å²) in [4.78, 5) is 21.3. The molecule has 0 aliphatic rings. The maximum Gasteiger partial charge on any atom is 0.306 e. The van der Waals surface area contributed by atoms with Crippen molar-refractivity contribution in [2.75, 3.05) is 0 Å². The summed E-state index contributed by atoms with van der Waals surface area (Å²) in [7, 11) is 0. The van der Waals surface area contributed by atoms with Crippen molar-refractivity contribution in [3.05, 3.63) is 0 Å². The van der Waals surface area contributed by atoms with E-state index in [2.05, 4.69) is 6.92 Å². The van der Waals surface area contributed by atoms with E-state index in [-0.39, 0.29) is 12.3 Å². The van der Waals surface area contributed by atoms with Gasteiger partial charge in [-0.3, -0.25) is 9.59 Å². The zero-order valence-corrected chi connectivity index (χ0v) is 11.5. The number of aliphatic carboxylic acids is 2. The minimum atomic E-state index is -0.736. The Morgan fingerprint density at radius 1 is 0.944 bits per heavy atom. The average molecular weight is 258 g/mol. The number of carboxylic acids is 2. The Balaban J connectivity index is 3.82. The topological polar surface area (TPSA) is 74.6 Å². The summed E-state index contributed by atoms with van der Waals surface area (Å²) >= 11 is 0. The van der Waals surface area contributed by atoms with Gasteiger partial charge in [0.25, 0.3) is 0 Å². The molecule has 2 atom stereocenters. The van der Waals surface area contributed by atoms with Crippen molar-refractivity contribution in [2.24, 2.45) is 11.8 Å². The summed E-state index contributed by atoms with van der Waals surface area (Å²) in [6, 6.07) is 0. The van der Waals surface area contributed by atoms with E-state index in [4.69, 9.17) is 10.2 Å². The highest BCUT2D eigenvalue weighted by Gasteiger charge is 2.17. The number of carbonyl (C=O) groups is 2. The van der Waals surface area contributed by atoms with Crippen LogP contribution in [0, 0.1) is 11.8 Å². The second kappa shape index (κ2) is 9.92. The van der Waals surface area contributed by atoms with Gasteiger partial charge in [-0.05, 0) is 31.6 Å². The summed E-state index contributed by atoms with van der Waals surface area (Å²) in [6.45, 7) is 4.02. The fourth-order valence-electron chi connectivity index (χ4n) is 2.20. The van der Waals surface area contributed by atoms with Crippen LogP contribution in [0.25, 0.3) is 0 Å². The van der Waals surface area contributed by atoms with Gasteiger partial charge in [0.1, 0.15) is 0 Å². The smallest absolute Gasteiger partial charge is 0.306 e. The van der Waals surface area contributed by atoms with Crippen LogP contribution in [-0.4, -0.2) is 22.2 Å². The van der Waals surface area contributed by atoms with E-state index in [9.17, 15) is 9.59 Å². The molecule has 0 radical (unpaired) electrons. The highest BCUT2D eigenvalue weighted by Crippen LogP contribution is 2.23. The van der Waals surface area contributed by atoms with E-state index >= 15 is 0 Å². The molecule has 0 aromatic rings. The lowest BCUT2D eigenvalue weighted by molar-refractivity contribution is -0.142. The monoisotopic (exact) mass is 258 g/mol. The molecule has 18 heavy (non-hydrogen) atoms. The van der Waals surface area contributed by atoms with Crippen molar-refractivity contribution in [1.29, 1.82) is 0 Å². The molecule has 0 saturated heterocycles. The first-order valence-corrected chi connectivity index (χ1v) is 6.95. The van der Waals surface area contributed by atoms with Gasteiger partial charge >= 0.3 is 11.9 Å². The molecule has 4 heteroatoms. The normalized spacial score (nSPS) is 14.1. The highest BCUT2D eigenvalue weighted by molar-refractivity contribution is 5.69. The molecule has 0 rings (SSSR count). The van der Waals surface area contributed by atoms with Crippen molar-refractivity contribution in [1.82, 2.24) is 0 Å². The molecule has 0 aromatic heterocycles. The van der Waals surface area contributed by atoms with E-state index in [0.717, 1.165) is 38.5 Å². The molecule has 2 N–H and O–H groups in total. The Morgan fingerprint density at radius 3 is 2.06 bits per heavy atom. The molecule has 0 fully saturated rings. The predicted molar refractivity (Wildman–Crippen MR) is 70.5 cm³/mol. The molecule has 106 valence electrons. The molecule has 0 heterocycles. The minimum absolute atomic E-state index is 0.224. The number of hydrogen-bond donors (Lipinski definition) is 2. The predicted octanol–water partition coefficient (Wildman–Crippen LogP) is 3.55. The fourth-order valence-corrected chi connectivity index (χ4v) is 2.20. The van der Waals surface area contributed by atoms with Gasteiger partial charge in [0, 0.05) is 6.42 Å². The van der Waals surface area contributed by atoms with Crippen molar-refractivity contribution in [3.8, 4) is 0 Å². The standard InChI is InChI=1S/C14H26O4/c1-3-11(7-5-6-8-13(15)16)9-10-12(4-2)14(17)18/h11-12H,3-10H2,1-2H3,(H,15,16)(H,17,18). The van der Waals surface area contributed by atoms with Gasteiger partial charge < -0.3 is 10.2 Å². The molecule has 0 aliphatic heterocycles. The second-order valence-corrected chi connectivity index (χ2v) is 4.93. The van der Waals surface area contributed by atoms with Crippen LogP contribution in [0.3, 0.4) is 0 Å². The van der Waals surface area contributed by atoms with Gasteiger partial charge in [0.05, 0.1) is 5.92 Å². The van der Waals surface area contributed by atoms with Gasteiger partial charge in [0.2, 0.25) is 0 Å². The van der Waals surface area contributed by atoms with Crippen LogP contribution in [-0.2, 0) is 9.59 Å². The minimum Gasteiger partial charge on any atom is -0.481 e. The van der Waals surface area contributed by atoms with Gasteiger partial charge in [-0.1, -0.05) is 33.1 Å². The van der Waals surface area contributed by atoms with E-state index in [0.29, 0.717) is 12.3 Å². The average Bonchev–Trinajstić information content (AvgIpc) is 2.31. The first kappa shape index (κ1) is 16.9. The Bertz CT molecular complexity index is 250. The van der Waals surface area contributed by atoms with Crippen LogP contribution >= 0.6 is 0 Å². The van der Waals surface area contributed by atoms with E-state index in [1.807, 2.05) is 6.92 Å². The maximum absolute atomic E-state index is 10.9. The summed E-state index contributed by atoms with van der Waals surface area (Å²) < 4.78 is 0. The Morgan fingerprint density at radius 2 is 1.61 bits per heavy atom. The van der Waals surface area contributed by atoms with Crippen LogP contribution in [0.1, 0.15) is 65.2 Å². The van der Waals surface area contributed by atoms with Crippen LogP contribution in [0.15, 0.2) is 0 Å². The van der Waals surface area contributed by atoms with Crippen LogP contribution in [0.2, 0.25) is 0 Å². The molecule has 4 nitrogen and oxygen atoms in total. The molecule has 2 unspecified atom stereocenters. The lowest BCUT2D eigenvalue weighted by Crippen LogP contribution is -2.14. The maximum atomic E-state index is 10.9. The summed E-state index contributed by atoms with van der Waals surface area (Å²) in [5.41, 5.74) is 0. The third kappa shape index (κ3) is 8.09. The van der Waals surface area contributed by atoms with Gasteiger partial charge in [-0.2, -0.15) is 0 Å². The molecule has 0 aliphatic carbocycles. The van der Waals surface area contributed by atoms with E-state index in [1.54, 1.807) is 0 Å². The molecule has 0 aromatic carbocycles. The van der Waals surface area contributed by atoms with E-state index in [1.165, 1.54) is 0 Å². The first-order valence-electron chi connectivity index (χ1n) is 6.95. The number of carboxylic acid groups (broad SMARTS) is 2. The van der Waals surface area contributed by atoms with Crippen LogP contribution in [0.5, 0.6) is 0 Å². The molecule has 0 bridgehead atoms. The fraction of sp³-hybridized carbons (Fsp3) is 0.857. The van der Waals surface area contributed by atoms with Crippen molar-refractivity contribution in [2.45, 2.75) is 65.2 Å². The summed E-state index contributed by atoms with van der Waals surface area (Å²) in [5.74, 6) is -1.12. The zero-order chi connectivity index (χ0) is 14.0. The number of rotatable bonds is 11. The lowest BCUT2D eigenvalue weighted by Gasteiger charge is -2.17. The molecule has 0 saturated carbocycles. The largest absolute Gasteiger partial charge is 0.481 e. The Hall–Kier alpha value is -1.06. The van der Waals surface area contributed by atoms with Gasteiger partial charge in [0.15, 0.2) is 0 Å². The first-order chi connectivity index (χ1) is 8.51. The third-order valence-corrected chi connectivity index (χ3v) is 3.60. The number of unbranched alkanes of at least 4 members (excludes halogenated alkanes) is 1. The molecule has 0 spiro atoms. The van der Waals surface area contributed by atoms with Crippen molar-refractivity contribution in [3.63, 3.8) is 0 Å². The molecular formula is C14H26O4. The van der Waals surface area contributed by atoms with E-state index < -0.39 is 11.9 Å². The summed E-state index contributed by atoms with van der Waals surface area (Å²) in [6.07, 6.45) is 6.31. The molecular weight excluding hydrogens is 232 g/mol. The van der Waals surface area contributed by atoms with Crippen LogP contribution in [0.4, 0.5) is 0 Å². The highest BCUT2D eigenvalue weighted by atomic mass is 16.4. The van der Waals surface area contributed by atoms with Crippen LogP contribution < -0.4 is 0 Å². The van der Waals surface area contributed by atoms with Gasteiger partial charge in [-0.25, -0.2) is 0 Å². The zero-order valence-electron chi connectivity index (χ0n) is 11.5.